The van der Waals surface area contributed by atoms with E-state index in [2.05, 4.69) is 41.5 Å². The molecule has 0 saturated heterocycles. The summed E-state index contributed by atoms with van der Waals surface area (Å²) in [5.74, 6) is 0.887. The van der Waals surface area contributed by atoms with Crippen molar-refractivity contribution in [2.75, 3.05) is 32.5 Å². The molecule has 2 aromatic rings. The summed E-state index contributed by atoms with van der Waals surface area (Å²) in [5, 5.41) is 12.7. The standard InChI is InChI=1S/C15H20BrN5O4.ClH/c1-3-24-13-10(16)6-9(7-11(13)23-2)8-18-4-5-19-15(22)12-14(17)21-25-20-12;/h6-7,18H,3-5,8H2,1-2H3,(H2,17,21)(H,19,22);1H/p-1. The molecular weight excluding hydrogens is 430 g/mol. The van der Waals surface area contributed by atoms with Crippen molar-refractivity contribution in [3.63, 3.8) is 0 Å². The Morgan fingerprint density at radius 3 is 2.73 bits per heavy atom. The minimum Gasteiger partial charge on any atom is -1.00 e. The Hall–Kier alpha value is -2.04. The second kappa shape index (κ2) is 10.8. The van der Waals surface area contributed by atoms with Crippen LogP contribution in [0.25, 0.3) is 0 Å². The van der Waals surface area contributed by atoms with E-state index in [-0.39, 0.29) is 23.9 Å². The van der Waals surface area contributed by atoms with Crippen molar-refractivity contribution in [1.82, 2.24) is 20.9 Å². The highest BCUT2D eigenvalue weighted by molar-refractivity contribution is 9.10. The number of halogens is 2. The fourth-order valence-corrected chi connectivity index (χ4v) is 2.70. The fourth-order valence-electron chi connectivity index (χ4n) is 2.09. The van der Waals surface area contributed by atoms with Crippen LogP contribution in [0, 0.1) is 0 Å². The third kappa shape index (κ3) is 5.75. The second-order valence-electron chi connectivity index (χ2n) is 4.97. The second-order valence-corrected chi connectivity index (χ2v) is 5.83. The van der Waals surface area contributed by atoms with Crippen LogP contribution in [-0.4, -0.2) is 43.0 Å². The third-order valence-electron chi connectivity index (χ3n) is 3.22. The number of methoxy groups -OCH3 is 1. The van der Waals surface area contributed by atoms with Crippen molar-refractivity contribution in [2.45, 2.75) is 13.5 Å². The Morgan fingerprint density at radius 2 is 2.12 bits per heavy atom. The van der Waals surface area contributed by atoms with Crippen molar-refractivity contribution in [2.24, 2.45) is 0 Å². The topological polar surface area (TPSA) is 125 Å². The number of carbonyl (C=O) groups excluding carboxylic acids is 1. The van der Waals surface area contributed by atoms with Gasteiger partial charge in [-0.25, -0.2) is 4.63 Å². The van der Waals surface area contributed by atoms with E-state index >= 15 is 0 Å². The predicted octanol–water partition coefficient (Wildman–Crippen LogP) is -1.65. The van der Waals surface area contributed by atoms with Crippen molar-refractivity contribution in [3.05, 3.63) is 27.9 Å². The Balaban J connectivity index is 0.00000338. The molecule has 1 aromatic carbocycles. The molecule has 0 bridgehead atoms. The lowest BCUT2D eigenvalue weighted by molar-refractivity contribution is -0.0000147. The number of carbonyl (C=O) groups is 1. The first kappa shape index (κ1) is 22.0. The normalized spacial score (nSPS) is 10.1. The highest BCUT2D eigenvalue weighted by Gasteiger charge is 2.15. The van der Waals surface area contributed by atoms with Gasteiger partial charge in [0.25, 0.3) is 5.91 Å². The molecule has 0 aliphatic heterocycles. The van der Waals surface area contributed by atoms with Gasteiger partial charge in [0.1, 0.15) is 0 Å². The van der Waals surface area contributed by atoms with Gasteiger partial charge in [0.15, 0.2) is 11.5 Å². The average Bonchev–Trinajstić information content (AvgIpc) is 3.02. The summed E-state index contributed by atoms with van der Waals surface area (Å²) >= 11 is 3.49. The number of nitrogens with two attached hydrogens (primary N) is 1. The molecule has 0 radical (unpaired) electrons. The van der Waals surface area contributed by atoms with Crippen LogP contribution in [0.15, 0.2) is 21.2 Å². The largest absolute Gasteiger partial charge is 1.00 e. The van der Waals surface area contributed by atoms with Gasteiger partial charge in [-0.15, -0.1) is 0 Å². The number of benzene rings is 1. The average molecular weight is 450 g/mol. The lowest BCUT2D eigenvalue weighted by Crippen LogP contribution is -3.00. The molecule has 0 spiro atoms. The van der Waals surface area contributed by atoms with Crippen molar-refractivity contribution in [1.29, 1.82) is 0 Å². The van der Waals surface area contributed by atoms with Gasteiger partial charge in [-0.1, -0.05) is 0 Å². The van der Waals surface area contributed by atoms with E-state index in [1.54, 1.807) is 7.11 Å². The lowest BCUT2D eigenvalue weighted by atomic mass is 10.2. The van der Waals surface area contributed by atoms with Gasteiger partial charge in [0, 0.05) is 19.6 Å². The number of nitrogens with zero attached hydrogens (tertiary/aromatic N) is 2. The molecule has 0 aliphatic rings. The van der Waals surface area contributed by atoms with E-state index in [0.29, 0.717) is 37.7 Å². The SMILES string of the molecule is CCOc1c(Br)cc(CNCCNC(=O)c2nonc2N)cc1OC.[Cl-]. The smallest absolute Gasteiger partial charge is 0.277 e. The summed E-state index contributed by atoms with van der Waals surface area (Å²) < 4.78 is 16.1. The van der Waals surface area contributed by atoms with Gasteiger partial charge < -0.3 is 38.2 Å². The summed E-state index contributed by atoms with van der Waals surface area (Å²) in [7, 11) is 1.60. The number of nitrogen functional groups attached to an aromatic ring is 1. The number of ether oxygens (including phenoxy) is 2. The van der Waals surface area contributed by atoms with Gasteiger partial charge in [-0.05, 0) is 50.9 Å². The molecule has 4 N–H and O–H groups in total. The van der Waals surface area contributed by atoms with Crippen LogP contribution in [0.4, 0.5) is 5.82 Å². The monoisotopic (exact) mass is 448 g/mol. The van der Waals surface area contributed by atoms with E-state index in [9.17, 15) is 4.79 Å². The Bertz CT molecular complexity index is 728. The molecule has 1 aromatic heterocycles. The van der Waals surface area contributed by atoms with E-state index in [0.717, 1.165) is 10.0 Å². The molecule has 0 fully saturated rings. The molecular formula is C15H20BrClN5O4-. The van der Waals surface area contributed by atoms with Crippen LogP contribution in [0.2, 0.25) is 0 Å². The van der Waals surface area contributed by atoms with Crippen LogP contribution in [0.3, 0.4) is 0 Å². The molecule has 0 atom stereocenters. The van der Waals surface area contributed by atoms with Gasteiger partial charge in [0.2, 0.25) is 11.5 Å². The zero-order valence-corrected chi connectivity index (χ0v) is 16.7. The third-order valence-corrected chi connectivity index (χ3v) is 3.81. The number of rotatable bonds is 9. The Labute approximate surface area is 165 Å². The molecule has 144 valence electrons. The quantitative estimate of drug-likeness (QED) is 0.389. The van der Waals surface area contributed by atoms with Gasteiger partial charge >= 0.3 is 0 Å². The van der Waals surface area contributed by atoms with Gasteiger partial charge in [-0.2, -0.15) is 0 Å². The first-order chi connectivity index (χ1) is 12.1. The summed E-state index contributed by atoms with van der Waals surface area (Å²) in [5.41, 5.74) is 6.46. The number of anilines is 1. The number of hydrogen-bond donors (Lipinski definition) is 3. The number of aromatic nitrogens is 2. The van der Waals surface area contributed by atoms with Crippen LogP contribution in [-0.2, 0) is 6.54 Å². The first-order valence-corrected chi connectivity index (χ1v) is 8.42. The molecule has 1 heterocycles. The number of hydrogen-bond acceptors (Lipinski definition) is 8. The molecule has 11 heteroatoms. The van der Waals surface area contributed by atoms with Gasteiger partial charge in [-0.3, -0.25) is 4.79 Å². The number of amides is 1. The minimum absolute atomic E-state index is 0. The highest BCUT2D eigenvalue weighted by Crippen LogP contribution is 2.36. The zero-order chi connectivity index (χ0) is 18.2. The summed E-state index contributed by atoms with van der Waals surface area (Å²) in [6.07, 6.45) is 0. The number of nitrogens with one attached hydrogen (secondary N) is 2. The summed E-state index contributed by atoms with van der Waals surface area (Å²) in [6, 6.07) is 3.87. The van der Waals surface area contributed by atoms with E-state index in [4.69, 9.17) is 15.2 Å². The first-order valence-electron chi connectivity index (χ1n) is 7.63. The maximum atomic E-state index is 11.8. The van der Waals surface area contributed by atoms with Crippen LogP contribution in [0.1, 0.15) is 23.0 Å². The molecule has 26 heavy (non-hydrogen) atoms. The fraction of sp³-hybridized carbons (Fsp3) is 0.400. The van der Waals surface area contributed by atoms with Crippen molar-refractivity contribution >= 4 is 27.7 Å². The zero-order valence-electron chi connectivity index (χ0n) is 14.3. The van der Waals surface area contributed by atoms with Crippen molar-refractivity contribution in [3.8, 4) is 11.5 Å². The van der Waals surface area contributed by atoms with Gasteiger partial charge in [0.05, 0.1) is 18.2 Å². The predicted molar refractivity (Wildman–Crippen MR) is 94.6 cm³/mol. The molecule has 0 aliphatic carbocycles. The molecule has 9 nitrogen and oxygen atoms in total. The minimum atomic E-state index is -0.425. The molecule has 2 rings (SSSR count). The molecule has 0 unspecified atom stereocenters. The van der Waals surface area contributed by atoms with Crippen LogP contribution >= 0.6 is 15.9 Å². The van der Waals surface area contributed by atoms with E-state index in [1.807, 2.05) is 19.1 Å². The Kier molecular flexibility index (Phi) is 9.17. The Morgan fingerprint density at radius 1 is 1.35 bits per heavy atom. The van der Waals surface area contributed by atoms with Crippen LogP contribution in [0.5, 0.6) is 11.5 Å². The maximum absolute atomic E-state index is 11.8. The highest BCUT2D eigenvalue weighted by atomic mass is 79.9. The maximum Gasteiger partial charge on any atom is 0.277 e. The summed E-state index contributed by atoms with van der Waals surface area (Å²) in [4.78, 5) is 11.8. The lowest BCUT2D eigenvalue weighted by Gasteiger charge is -2.14. The van der Waals surface area contributed by atoms with Crippen molar-refractivity contribution < 1.29 is 31.3 Å². The van der Waals surface area contributed by atoms with Crippen LogP contribution < -0.4 is 38.2 Å². The summed E-state index contributed by atoms with van der Waals surface area (Å²) in [6.45, 7) is 4.03. The van der Waals surface area contributed by atoms with E-state index in [1.165, 1.54) is 0 Å². The molecule has 1 amide bonds. The van der Waals surface area contributed by atoms with E-state index < -0.39 is 5.91 Å². The molecule has 0 saturated carbocycles.